The Morgan fingerprint density at radius 2 is 2.45 bits per heavy atom. The summed E-state index contributed by atoms with van der Waals surface area (Å²) in [6, 6.07) is 0.593. The van der Waals surface area contributed by atoms with Crippen LogP contribution < -0.4 is 5.73 Å². The first-order valence-corrected chi connectivity index (χ1v) is 4.22. The maximum absolute atomic E-state index is 5.61. The van der Waals surface area contributed by atoms with Crippen molar-refractivity contribution in [1.29, 1.82) is 0 Å². The van der Waals surface area contributed by atoms with E-state index in [9.17, 15) is 0 Å². The Bertz CT molecular complexity index is 166. The molecule has 0 bridgehead atoms. The van der Waals surface area contributed by atoms with Gasteiger partial charge in [-0.2, -0.15) is 0 Å². The van der Waals surface area contributed by atoms with Crippen molar-refractivity contribution in [3.63, 3.8) is 0 Å². The van der Waals surface area contributed by atoms with Gasteiger partial charge >= 0.3 is 0 Å². The van der Waals surface area contributed by atoms with Gasteiger partial charge in [-0.15, -0.1) is 5.92 Å². The van der Waals surface area contributed by atoms with Crippen LogP contribution >= 0.6 is 0 Å². The molecule has 11 heavy (non-hydrogen) atoms. The molecule has 1 aliphatic rings. The van der Waals surface area contributed by atoms with Crippen LogP contribution in [0.15, 0.2) is 0 Å². The van der Waals surface area contributed by atoms with Gasteiger partial charge in [-0.25, -0.2) is 0 Å². The maximum atomic E-state index is 5.61. The summed E-state index contributed by atoms with van der Waals surface area (Å²) >= 11 is 0. The molecule has 0 spiro atoms. The lowest BCUT2D eigenvalue weighted by Crippen LogP contribution is -2.35. The number of hydrogen-bond donors (Lipinski definition) is 1. The van der Waals surface area contributed by atoms with Crippen molar-refractivity contribution in [3.05, 3.63) is 0 Å². The minimum atomic E-state index is 0.593. The largest absolute Gasteiger partial charge is 0.329 e. The van der Waals surface area contributed by atoms with E-state index in [1.54, 1.807) is 0 Å². The minimum Gasteiger partial charge on any atom is -0.329 e. The summed E-state index contributed by atoms with van der Waals surface area (Å²) in [5.74, 6) is 5.98. The quantitative estimate of drug-likeness (QED) is 0.581. The number of rotatable bonds is 2. The summed E-state index contributed by atoms with van der Waals surface area (Å²) in [5, 5.41) is 0. The molecule has 1 rings (SSSR count). The van der Waals surface area contributed by atoms with Gasteiger partial charge in [-0.05, 0) is 26.3 Å². The Morgan fingerprint density at radius 3 is 3.09 bits per heavy atom. The molecule has 0 aromatic carbocycles. The molecule has 0 amide bonds. The van der Waals surface area contributed by atoms with Crippen LogP contribution in [0.4, 0.5) is 0 Å². The first-order chi connectivity index (χ1) is 5.38. The molecular weight excluding hydrogens is 136 g/mol. The molecule has 1 heterocycles. The normalized spacial score (nSPS) is 24.7. The Morgan fingerprint density at radius 1 is 1.64 bits per heavy atom. The first-order valence-electron chi connectivity index (χ1n) is 4.22. The second-order valence-electron chi connectivity index (χ2n) is 2.93. The van der Waals surface area contributed by atoms with Crippen LogP contribution in [0.5, 0.6) is 0 Å². The monoisotopic (exact) mass is 152 g/mol. The van der Waals surface area contributed by atoms with E-state index in [0.717, 1.165) is 13.1 Å². The molecule has 1 fully saturated rings. The first kappa shape index (κ1) is 8.58. The Hall–Kier alpha value is -0.520. The third-order valence-corrected chi connectivity index (χ3v) is 2.23. The van der Waals surface area contributed by atoms with Gasteiger partial charge in [0.15, 0.2) is 0 Å². The van der Waals surface area contributed by atoms with Gasteiger partial charge < -0.3 is 5.73 Å². The molecule has 1 unspecified atom stereocenters. The molecule has 0 radical (unpaired) electrons. The highest BCUT2D eigenvalue weighted by molar-refractivity contribution is 4.99. The van der Waals surface area contributed by atoms with Crippen LogP contribution in [0.25, 0.3) is 0 Å². The van der Waals surface area contributed by atoms with Crippen molar-refractivity contribution >= 4 is 0 Å². The Kier molecular flexibility index (Phi) is 3.41. The van der Waals surface area contributed by atoms with E-state index in [1.165, 1.54) is 19.4 Å². The highest BCUT2D eigenvalue weighted by Gasteiger charge is 2.21. The Labute approximate surface area is 68.8 Å². The van der Waals surface area contributed by atoms with E-state index in [0.29, 0.717) is 6.04 Å². The standard InChI is InChI=1S/C9H16N2/c1-2-3-6-11-7-4-5-9(11)8-10/h9H,4-8,10H2,1H3. The fraction of sp³-hybridized carbons (Fsp3) is 0.778. The smallest absolute Gasteiger partial charge is 0.0604 e. The van der Waals surface area contributed by atoms with Crippen molar-refractivity contribution in [3.8, 4) is 11.8 Å². The van der Waals surface area contributed by atoms with Gasteiger partial charge in [0.05, 0.1) is 6.54 Å². The summed E-state index contributed by atoms with van der Waals surface area (Å²) in [5.41, 5.74) is 5.61. The summed E-state index contributed by atoms with van der Waals surface area (Å²) in [7, 11) is 0. The molecule has 1 atom stereocenters. The summed E-state index contributed by atoms with van der Waals surface area (Å²) in [4.78, 5) is 2.37. The molecule has 2 nitrogen and oxygen atoms in total. The van der Waals surface area contributed by atoms with E-state index in [4.69, 9.17) is 5.73 Å². The van der Waals surface area contributed by atoms with Gasteiger partial charge in [-0.1, -0.05) is 5.92 Å². The third kappa shape index (κ3) is 2.21. The molecule has 2 heteroatoms. The second-order valence-corrected chi connectivity index (χ2v) is 2.93. The average molecular weight is 152 g/mol. The summed E-state index contributed by atoms with van der Waals surface area (Å²) in [6.07, 6.45) is 2.54. The zero-order valence-corrected chi connectivity index (χ0v) is 7.14. The fourth-order valence-corrected chi connectivity index (χ4v) is 1.55. The Balaban J connectivity index is 2.35. The van der Waals surface area contributed by atoms with E-state index in [1.807, 2.05) is 6.92 Å². The topological polar surface area (TPSA) is 29.3 Å². The van der Waals surface area contributed by atoms with Crippen molar-refractivity contribution in [2.75, 3.05) is 19.6 Å². The van der Waals surface area contributed by atoms with Gasteiger partial charge in [0.25, 0.3) is 0 Å². The van der Waals surface area contributed by atoms with Crippen molar-refractivity contribution in [1.82, 2.24) is 4.90 Å². The van der Waals surface area contributed by atoms with Crippen molar-refractivity contribution < 1.29 is 0 Å². The lowest BCUT2D eigenvalue weighted by molar-refractivity contribution is 0.290. The van der Waals surface area contributed by atoms with Crippen LogP contribution in [0.1, 0.15) is 19.8 Å². The van der Waals surface area contributed by atoms with E-state index in [2.05, 4.69) is 16.7 Å². The second kappa shape index (κ2) is 4.38. The number of nitrogens with two attached hydrogens (primary N) is 1. The minimum absolute atomic E-state index is 0.593. The van der Waals surface area contributed by atoms with Crippen LogP contribution in [-0.2, 0) is 0 Å². The molecule has 62 valence electrons. The molecule has 0 aromatic rings. The van der Waals surface area contributed by atoms with Gasteiger partial charge in [0.1, 0.15) is 0 Å². The SMILES string of the molecule is CC#CCN1CCCC1CN. The van der Waals surface area contributed by atoms with Crippen molar-refractivity contribution in [2.24, 2.45) is 5.73 Å². The summed E-state index contributed by atoms with van der Waals surface area (Å²) < 4.78 is 0. The average Bonchev–Trinajstić information content (AvgIpc) is 2.47. The van der Waals surface area contributed by atoms with Crippen LogP contribution in [0, 0.1) is 11.8 Å². The highest BCUT2D eigenvalue weighted by atomic mass is 15.2. The van der Waals surface area contributed by atoms with Gasteiger partial charge in [-0.3, -0.25) is 4.90 Å². The molecular formula is C9H16N2. The molecule has 0 saturated carbocycles. The van der Waals surface area contributed by atoms with Crippen LogP contribution in [0.2, 0.25) is 0 Å². The predicted octanol–water partition coefficient (Wildman–Crippen LogP) is 0.433. The zero-order chi connectivity index (χ0) is 8.10. The van der Waals surface area contributed by atoms with E-state index in [-0.39, 0.29) is 0 Å². The van der Waals surface area contributed by atoms with Crippen LogP contribution in [-0.4, -0.2) is 30.6 Å². The molecule has 1 aliphatic heterocycles. The number of hydrogen-bond acceptors (Lipinski definition) is 2. The molecule has 0 aromatic heterocycles. The predicted molar refractivity (Wildman–Crippen MR) is 47.1 cm³/mol. The van der Waals surface area contributed by atoms with E-state index < -0.39 is 0 Å². The third-order valence-electron chi connectivity index (χ3n) is 2.23. The van der Waals surface area contributed by atoms with Gasteiger partial charge in [0, 0.05) is 12.6 Å². The van der Waals surface area contributed by atoms with Crippen molar-refractivity contribution in [2.45, 2.75) is 25.8 Å². The lowest BCUT2D eigenvalue weighted by Gasteiger charge is -2.19. The molecule has 2 N–H and O–H groups in total. The summed E-state index contributed by atoms with van der Waals surface area (Å²) in [6.45, 7) is 4.74. The zero-order valence-electron chi connectivity index (χ0n) is 7.14. The van der Waals surface area contributed by atoms with E-state index >= 15 is 0 Å². The maximum Gasteiger partial charge on any atom is 0.0604 e. The number of nitrogens with zero attached hydrogens (tertiary/aromatic N) is 1. The molecule has 1 saturated heterocycles. The van der Waals surface area contributed by atoms with Crippen LogP contribution in [0.3, 0.4) is 0 Å². The fourth-order valence-electron chi connectivity index (χ4n) is 1.55. The number of likely N-dealkylation sites (tertiary alicyclic amines) is 1. The molecule has 0 aliphatic carbocycles. The van der Waals surface area contributed by atoms with Gasteiger partial charge in [0.2, 0.25) is 0 Å². The lowest BCUT2D eigenvalue weighted by atomic mass is 10.2. The highest BCUT2D eigenvalue weighted by Crippen LogP contribution is 2.14.